The van der Waals surface area contributed by atoms with Gasteiger partial charge < -0.3 is 9.47 Å². The van der Waals surface area contributed by atoms with Crippen molar-refractivity contribution in [1.82, 2.24) is 4.90 Å². The zero-order valence-electron chi connectivity index (χ0n) is 11.6. The molecule has 102 valence electrons. The van der Waals surface area contributed by atoms with Crippen molar-refractivity contribution in [3.63, 3.8) is 0 Å². The molecule has 0 aromatic heterocycles. The molecular formula is C16H21NO2. The minimum atomic E-state index is -0.485. The fourth-order valence-electron chi connectivity index (χ4n) is 2.97. The summed E-state index contributed by atoms with van der Waals surface area (Å²) in [7, 11) is 0. The van der Waals surface area contributed by atoms with Crippen LogP contribution in [0.25, 0.3) is 0 Å². The number of hydrogen-bond donors (Lipinski definition) is 0. The summed E-state index contributed by atoms with van der Waals surface area (Å²) in [5.41, 5.74) is 2.45. The van der Waals surface area contributed by atoms with Gasteiger partial charge in [-0.3, -0.25) is 4.90 Å². The minimum absolute atomic E-state index is 0.0574. The maximum atomic E-state index is 5.97. The third-order valence-electron chi connectivity index (χ3n) is 3.70. The Morgan fingerprint density at radius 1 is 1.26 bits per heavy atom. The van der Waals surface area contributed by atoms with Gasteiger partial charge in [0.25, 0.3) is 0 Å². The van der Waals surface area contributed by atoms with Gasteiger partial charge in [-0.2, -0.15) is 0 Å². The molecule has 0 spiro atoms. The second kappa shape index (κ2) is 4.75. The van der Waals surface area contributed by atoms with E-state index in [4.69, 9.17) is 9.47 Å². The number of ether oxygens (including phenoxy) is 2. The van der Waals surface area contributed by atoms with Crippen molar-refractivity contribution in [2.45, 2.75) is 38.4 Å². The van der Waals surface area contributed by atoms with E-state index in [0.29, 0.717) is 0 Å². The van der Waals surface area contributed by atoms with Crippen LogP contribution >= 0.6 is 0 Å². The van der Waals surface area contributed by atoms with Crippen molar-refractivity contribution >= 4 is 0 Å². The summed E-state index contributed by atoms with van der Waals surface area (Å²) < 4.78 is 11.9. The van der Waals surface area contributed by atoms with Gasteiger partial charge in [-0.05, 0) is 25.0 Å². The van der Waals surface area contributed by atoms with Gasteiger partial charge in [0, 0.05) is 19.6 Å². The van der Waals surface area contributed by atoms with E-state index in [9.17, 15) is 0 Å². The molecule has 19 heavy (non-hydrogen) atoms. The van der Waals surface area contributed by atoms with Crippen LogP contribution in [0, 0.1) is 0 Å². The molecule has 2 heterocycles. The largest absolute Gasteiger partial charge is 0.343 e. The van der Waals surface area contributed by atoms with Gasteiger partial charge in [0.15, 0.2) is 5.79 Å². The number of nitrogens with zero attached hydrogens (tertiary/aromatic N) is 1. The van der Waals surface area contributed by atoms with Crippen LogP contribution in [0.3, 0.4) is 0 Å². The Balaban J connectivity index is 1.69. The van der Waals surface area contributed by atoms with Crippen LogP contribution in [-0.4, -0.2) is 36.0 Å². The Labute approximate surface area is 114 Å². The molecule has 0 saturated carbocycles. The molecule has 2 saturated heterocycles. The van der Waals surface area contributed by atoms with E-state index in [1.165, 1.54) is 5.56 Å². The minimum Gasteiger partial charge on any atom is -0.343 e. The molecule has 2 unspecified atom stereocenters. The molecule has 0 radical (unpaired) electrons. The first-order valence-electron chi connectivity index (χ1n) is 6.83. The standard InChI is InChI=1S/C16H21NO2/c1-12-9-17(10-13-7-5-4-6-8-13)11-14-15(12)19-16(2,3)18-14/h4-8,14-15H,1,9-11H2,2-3H3. The van der Waals surface area contributed by atoms with Gasteiger partial charge in [0.05, 0.1) is 0 Å². The molecule has 1 aromatic rings. The molecule has 2 atom stereocenters. The van der Waals surface area contributed by atoms with E-state index in [-0.39, 0.29) is 12.2 Å². The van der Waals surface area contributed by atoms with Gasteiger partial charge >= 0.3 is 0 Å². The lowest BCUT2D eigenvalue weighted by atomic mass is 10.00. The Morgan fingerprint density at radius 2 is 2.00 bits per heavy atom. The highest BCUT2D eigenvalue weighted by Gasteiger charge is 2.45. The average molecular weight is 259 g/mol. The second-order valence-corrected chi connectivity index (χ2v) is 5.91. The lowest BCUT2D eigenvalue weighted by Gasteiger charge is -2.34. The van der Waals surface area contributed by atoms with Gasteiger partial charge in [-0.1, -0.05) is 36.9 Å². The van der Waals surface area contributed by atoms with Crippen molar-refractivity contribution < 1.29 is 9.47 Å². The summed E-state index contributed by atoms with van der Waals surface area (Å²) in [6, 6.07) is 10.5. The van der Waals surface area contributed by atoms with E-state index < -0.39 is 5.79 Å². The molecule has 2 aliphatic rings. The Bertz CT molecular complexity index is 469. The molecule has 3 rings (SSSR count). The second-order valence-electron chi connectivity index (χ2n) is 5.91. The number of benzene rings is 1. The summed E-state index contributed by atoms with van der Waals surface area (Å²) in [4.78, 5) is 2.38. The van der Waals surface area contributed by atoms with E-state index in [1.807, 2.05) is 19.9 Å². The third-order valence-corrected chi connectivity index (χ3v) is 3.70. The first kappa shape index (κ1) is 12.9. The molecule has 2 fully saturated rings. The monoisotopic (exact) mass is 259 g/mol. The fourth-order valence-corrected chi connectivity index (χ4v) is 2.97. The van der Waals surface area contributed by atoms with Gasteiger partial charge in [-0.15, -0.1) is 0 Å². The SMILES string of the molecule is C=C1CN(Cc2ccccc2)CC2OC(C)(C)OC12. The zero-order chi connectivity index (χ0) is 13.5. The quantitative estimate of drug-likeness (QED) is 0.762. The van der Waals surface area contributed by atoms with Crippen LogP contribution in [0.1, 0.15) is 19.4 Å². The third kappa shape index (κ3) is 2.73. The fraction of sp³-hybridized carbons (Fsp3) is 0.500. The molecule has 3 heteroatoms. The molecule has 3 nitrogen and oxygen atoms in total. The van der Waals surface area contributed by atoms with Crippen molar-refractivity contribution in [3.05, 3.63) is 48.0 Å². The number of rotatable bonds is 2. The average Bonchev–Trinajstić information content (AvgIpc) is 2.65. The highest BCUT2D eigenvalue weighted by atomic mass is 16.8. The molecule has 0 N–H and O–H groups in total. The maximum absolute atomic E-state index is 5.97. The number of piperidine rings is 1. The Kier molecular flexibility index (Phi) is 3.21. The molecule has 0 bridgehead atoms. The smallest absolute Gasteiger partial charge is 0.164 e. The number of likely N-dealkylation sites (tertiary alicyclic amines) is 1. The van der Waals surface area contributed by atoms with E-state index in [0.717, 1.165) is 25.2 Å². The molecule has 0 amide bonds. The Hall–Kier alpha value is -1.16. The summed E-state index contributed by atoms with van der Waals surface area (Å²) >= 11 is 0. The normalized spacial score (nSPS) is 30.3. The van der Waals surface area contributed by atoms with Crippen LogP contribution in [0.15, 0.2) is 42.5 Å². The van der Waals surface area contributed by atoms with E-state index >= 15 is 0 Å². The van der Waals surface area contributed by atoms with E-state index in [1.54, 1.807) is 0 Å². The van der Waals surface area contributed by atoms with Crippen LogP contribution in [0.2, 0.25) is 0 Å². The van der Waals surface area contributed by atoms with Crippen molar-refractivity contribution in [3.8, 4) is 0 Å². The van der Waals surface area contributed by atoms with E-state index in [2.05, 4.69) is 35.7 Å². The molecular weight excluding hydrogens is 238 g/mol. The van der Waals surface area contributed by atoms with Crippen LogP contribution < -0.4 is 0 Å². The van der Waals surface area contributed by atoms with Crippen molar-refractivity contribution in [2.75, 3.05) is 13.1 Å². The number of fused-ring (bicyclic) bond motifs is 1. The topological polar surface area (TPSA) is 21.7 Å². The number of hydrogen-bond acceptors (Lipinski definition) is 3. The van der Waals surface area contributed by atoms with Crippen molar-refractivity contribution in [2.24, 2.45) is 0 Å². The molecule has 0 aliphatic carbocycles. The zero-order valence-corrected chi connectivity index (χ0v) is 11.6. The Morgan fingerprint density at radius 3 is 2.74 bits per heavy atom. The predicted molar refractivity (Wildman–Crippen MR) is 74.7 cm³/mol. The molecule has 2 aliphatic heterocycles. The van der Waals surface area contributed by atoms with Crippen LogP contribution in [0.5, 0.6) is 0 Å². The highest BCUT2D eigenvalue weighted by molar-refractivity contribution is 5.18. The van der Waals surface area contributed by atoms with Gasteiger partial charge in [-0.25, -0.2) is 0 Å². The summed E-state index contributed by atoms with van der Waals surface area (Å²) in [6.45, 7) is 10.8. The first-order valence-corrected chi connectivity index (χ1v) is 6.83. The van der Waals surface area contributed by atoms with Crippen molar-refractivity contribution in [1.29, 1.82) is 0 Å². The molecule has 1 aromatic carbocycles. The van der Waals surface area contributed by atoms with Gasteiger partial charge in [0.1, 0.15) is 12.2 Å². The maximum Gasteiger partial charge on any atom is 0.164 e. The lowest BCUT2D eigenvalue weighted by Crippen LogP contribution is -2.46. The summed E-state index contributed by atoms with van der Waals surface area (Å²) in [6.07, 6.45) is 0.169. The summed E-state index contributed by atoms with van der Waals surface area (Å²) in [5, 5.41) is 0. The predicted octanol–water partition coefficient (Wildman–Crippen LogP) is 2.58. The first-order chi connectivity index (χ1) is 9.03. The van der Waals surface area contributed by atoms with Gasteiger partial charge in [0.2, 0.25) is 0 Å². The van der Waals surface area contributed by atoms with Crippen LogP contribution in [0.4, 0.5) is 0 Å². The highest BCUT2D eigenvalue weighted by Crippen LogP contribution is 2.35. The van der Waals surface area contributed by atoms with Crippen LogP contribution in [-0.2, 0) is 16.0 Å². The summed E-state index contributed by atoms with van der Waals surface area (Å²) in [5.74, 6) is -0.485. The lowest BCUT2D eigenvalue weighted by molar-refractivity contribution is -0.143.